The van der Waals surface area contributed by atoms with Crippen molar-refractivity contribution in [2.75, 3.05) is 20.1 Å². The number of aromatic nitrogens is 3. The van der Waals surface area contributed by atoms with E-state index in [-0.39, 0.29) is 22.9 Å². The van der Waals surface area contributed by atoms with Crippen LogP contribution in [0.2, 0.25) is 0 Å². The van der Waals surface area contributed by atoms with Crippen molar-refractivity contribution >= 4 is 15.9 Å². The molecule has 3 heterocycles. The lowest BCUT2D eigenvalue weighted by molar-refractivity contribution is 0.0785. The molecule has 1 fully saturated rings. The molecule has 3 aromatic rings. The molecule has 4 rings (SSSR count). The second-order valence-corrected chi connectivity index (χ2v) is 9.11. The summed E-state index contributed by atoms with van der Waals surface area (Å²) < 4.78 is 46.2. The van der Waals surface area contributed by atoms with Crippen molar-refractivity contribution in [3.63, 3.8) is 0 Å². The van der Waals surface area contributed by atoms with Gasteiger partial charge in [0.15, 0.2) is 0 Å². The third-order valence-corrected chi connectivity index (χ3v) is 6.58. The van der Waals surface area contributed by atoms with Gasteiger partial charge < -0.3 is 9.32 Å². The number of benzene rings is 1. The molecule has 1 aliphatic heterocycles. The fourth-order valence-electron chi connectivity index (χ4n) is 3.38. The number of hydrogen-bond donors (Lipinski definition) is 1. The molecule has 1 amide bonds. The van der Waals surface area contributed by atoms with Gasteiger partial charge in [-0.15, -0.1) is 10.2 Å². The summed E-state index contributed by atoms with van der Waals surface area (Å²) >= 11 is 0. The van der Waals surface area contributed by atoms with Crippen LogP contribution in [0.25, 0.3) is 11.5 Å². The lowest BCUT2D eigenvalue weighted by atomic mass is 10.1. The number of aryl methyl sites for hydroxylation is 1. The van der Waals surface area contributed by atoms with E-state index in [0.717, 1.165) is 23.9 Å². The van der Waals surface area contributed by atoms with Gasteiger partial charge in [0.05, 0.1) is 21.9 Å². The average molecular weight is 445 g/mol. The Labute approximate surface area is 178 Å². The van der Waals surface area contributed by atoms with E-state index in [1.165, 1.54) is 11.9 Å². The van der Waals surface area contributed by atoms with Crippen molar-refractivity contribution in [2.24, 2.45) is 0 Å². The molecule has 0 unspecified atom stereocenters. The van der Waals surface area contributed by atoms with E-state index in [1.807, 2.05) is 19.1 Å². The fourth-order valence-corrected chi connectivity index (χ4v) is 4.14. The first-order valence-corrected chi connectivity index (χ1v) is 11.1. The zero-order valence-corrected chi connectivity index (χ0v) is 17.7. The van der Waals surface area contributed by atoms with Crippen molar-refractivity contribution in [3.05, 3.63) is 59.5 Å². The van der Waals surface area contributed by atoms with Crippen molar-refractivity contribution in [2.45, 2.75) is 24.2 Å². The predicted molar refractivity (Wildman–Crippen MR) is 108 cm³/mol. The SMILES string of the molecule is CNS(=O)(=O)c1ccc(F)c(C(=O)N2CC[C@@H](c3nnc(-c4ccc(C)nc4)o3)C2)c1. The van der Waals surface area contributed by atoms with E-state index in [9.17, 15) is 17.6 Å². The Bertz CT molecular complexity index is 1230. The van der Waals surface area contributed by atoms with E-state index in [1.54, 1.807) is 6.20 Å². The topological polar surface area (TPSA) is 118 Å². The molecule has 0 radical (unpaired) electrons. The summed E-state index contributed by atoms with van der Waals surface area (Å²) in [5.41, 5.74) is 1.26. The van der Waals surface area contributed by atoms with Crippen LogP contribution < -0.4 is 4.72 Å². The van der Waals surface area contributed by atoms with E-state index >= 15 is 0 Å². The van der Waals surface area contributed by atoms with Crippen LogP contribution in [0.15, 0.2) is 45.8 Å². The molecule has 1 saturated heterocycles. The molecule has 0 aliphatic carbocycles. The Morgan fingerprint density at radius 2 is 2.06 bits per heavy atom. The lowest BCUT2D eigenvalue weighted by Crippen LogP contribution is -2.29. The molecule has 1 aromatic carbocycles. The maximum absolute atomic E-state index is 14.3. The average Bonchev–Trinajstić information content (AvgIpc) is 3.44. The number of rotatable bonds is 5. The van der Waals surface area contributed by atoms with E-state index in [0.29, 0.717) is 30.3 Å². The molecule has 11 heteroatoms. The van der Waals surface area contributed by atoms with Gasteiger partial charge in [-0.05, 0) is 50.7 Å². The highest BCUT2D eigenvalue weighted by atomic mass is 32.2. The van der Waals surface area contributed by atoms with Gasteiger partial charge in [0.1, 0.15) is 5.82 Å². The van der Waals surface area contributed by atoms with Crippen LogP contribution in [0.4, 0.5) is 4.39 Å². The van der Waals surface area contributed by atoms with Crippen LogP contribution in [0.1, 0.15) is 34.3 Å². The summed E-state index contributed by atoms with van der Waals surface area (Å²) in [5.74, 6) is -0.844. The number of pyridine rings is 1. The summed E-state index contributed by atoms with van der Waals surface area (Å²) in [4.78, 5) is 18.4. The zero-order valence-electron chi connectivity index (χ0n) is 16.9. The first-order chi connectivity index (χ1) is 14.8. The number of carbonyl (C=O) groups excluding carboxylic acids is 1. The lowest BCUT2D eigenvalue weighted by Gasteiger charge is -2.17. The molecule has 9 nitrogen and oxygen atoms in total. The second kappa shape index (κ2) is 8.16. The maximum Gasteiger partial charge on any atom is 0.256 e. The van der Waals surface area contributed by atoms with Crippen molar-refractivity contribution in [1.29, 1.82) is 0 Å². The second-order valence-electron chi connectivity index (χ2n) is 7.22. The molecule has 2 aromatic heterocycles. The monoisotopic (exact) mass is 445 g/mol. The molecule has 0 bridgehead atoms. The van der Waals surface area contributed by atoms with Gasteiger partial charge in [0, 0.05) is 25.0 Å². The van der Waals surface area contributed by atoms with Crippen LogP contribution in [-0.4, -0.2) is 54.5 Å². The highest BCUT2D eigenvalue weighted by Gasteiger charge is 2.33. The minimum Gasteiger partial charge on any atom is -0.420 e. The van der Waals surface area contributed by atoms with Crippen LogP contribution in [-0.2, 0) is 10.0 Å². The number of nitrogens with one attached hydrogen (secondary N) is 1. The number of likely N-dealkylation sites (tertiary alicyclic amines) is 1. The van der Waals surface area contributed by atoms with Gasteiger partial charge in [-0.1, -0.05) is 0 Å². The van der Waals surface area contributed by atoms with Crippen LogP contribution in [0.5, 0.6) is 0 Å². The van der Waals surface area contributed by atoms with Gasteiger partial charge >= 0.3 is 0 Å². The van der Waals surface area contributed by atoms with Crippen LogP contribution in [0.3, 0.4) is 0 Å². The Morgan fingerprint density at radius 1 is 1.26 bits per heavy atom. The first kappa shape index (κ1) is 21.1. The summed E-state index contributed by atoms with van der Waals surface area (Å²) in [5, 5.41) is 8.15. The van der Waals surface area contributed by atoms with E-state index in [2.05, 4.69) is 19.9 Å². The number of sulfonamides is 1. The Morgan fingerprint density at radius 3 is 2.77 bits per heavy atom. The van der Waals surface area contributed by atoms with Gasteiger partial charge in [0.2, 0.25) is 21.8 Å². The zero-order chi connectivity index (χ0) is 22.2. The maximum atomic E-state index is 14.3. The largest absolute Gasteiger partial charge is 0.420 e. The normalized spacial score (nSPS) is 16.6. The smallest absolute Gasteiger partial charge is 0.256 e. The minimum absolute atomic E-state index is 0.177. The molecule has 0 spiro atoms. The Hall–Kier alpha value is -3.18. The van der Waals surface area contributed by atoms with Crippen LogP contribution in [0, 0.1) is 12.7 Å². The molecule has 31 heavy (non-hydrogen) atoms. The molecular weight excluding hydrogens is 425 g/mol. The number of carbonyl (C=O) groups is 1. The molecular formula is C20H20FN5O4S. The van der Waals surface area contributed by atoms with Crippen molar-refractivity contribution in [1.82, 2.24) is 24.8 Å². The third-order valence-electron chi connectivity index (χ3n) is 5.17. The summed E-state index contributed by atoms with van der Waals surface area (Å²) in [6, 6.07) is 6.81. The summed E-state index contributed by atoms with van der Waals surface area (Å²) in [7, 11) is -2.55. The number of nitrogens with zero attached hydrogens (tertiary/aromatic N) is 4. The van der Waals surface area contributed by atoms with Gasteiger partial charge in [0.25, 0.3) is 5.91 Å². The van der Waals surface area contributed by atoms with Gasteiger partial charge in [-0.3, -0.25) is 9.78 Å². The van der Waals surface area contributed by atoms with E-state index in [4.69, 9.17) is 4.42 Å². The van der Waals surface area contributed by atoms with Crippen molar-refractivity contribution in [3.8, 4) is 11.5 Å². The number of halogens is 1. The fraction of sp³-hybridized carbons (Fsp3) is 0.300. The highest BCUT2D eigenvalue weighted by Crippen LogP contribution is 2.30. The highest BCUT2D eigenvalue weighted by molar-refractivity contribution is 7.89. The summed E-state index contributed by atoms with van der Waals surface area (Å²) in [6.07, 6.45) is 2.21. The summed E-state index contributed by atoms with van der Waals surface area (Å²) in [6.45, 7) is 2.49. The van der Waals surface area contributed by atoms with Gasteiger partial charge in [-0.2, -0.15) is 0 Å². The molecule has 1 N–H and O–H groups in total. The molecule has 1 aliphatic rings. The standard InChI is InChI=1S/C20H20FN5O4S/c1-12-3-4-13(10-23-12)18-24-25-19(30-18)14-7-8-26(11-14)20(27)16-9-15(5-6-17(16)21)31(28,29)22-2/h3-6,9-10,14,22H,7-8,11H2,1-2H3/t14-/m1/s1. The Kier molecular flexibility index (Phi) is 5.54. The quantitative estimate of drug-likeness (QED) is 0.639. The van der Waals surface area contributed by atoms with E-state index < -0.39 is 21.7 Å². The first-order valence-electron chi connectivity index (χ1n) is 9.57. The molecule has 1 atom stereocenters. The number of amides is 1. The predicted octanol–water partition coefficient (Wildman–Crippen LogP) is 2.12. The van der Waals surface area contributed by atoms with Crippen LogP contribution >= 0.6 is 0 Å². The Balaban J connectivity index is 1.51. The molecule has 0 saturated carbocycles. The van der Waals surface area contributed by atoms with Gasteiger partial charge in [-0.25, -0.2) is 17.5 Å². The minimum atomic E-state index is -3.80. The third kappa shape index (κ3) is 4.19. The van der Waals surface area contributed by atoms with Crippen molar-refractivity contribution < 1.29 is 22.0 Å². The number of hydrogen-bond acceptors (Lipinski definition) is 7. The molecule has 162 valence electrons.